The second kappa shape index (κ2) is 9.02. The van der Waals surface area contributed by atoms with Crippen LogP contribution in [0.4, 0.5) is 10.1 Å². The number of benzene rings is 1. The summed E-state index contributed by atoms with van der Waals surface area (Å²) in [5.41, 5.74) is 6.37. The van der Waals surface area contributed by atoms with Crippen molar-refractivity contribution in [1.82, 2.24) is 4.90 Å². The van der Waals surface area contributed by atoms with Crippen molar-refractivity contribution in [3.63, 3.8) is 0 Å². The molecule has 2 aliphatic rings. The Hall–Kier alpha value is -1.37. The largest absolute Gasteiger partial charge is 0.342 e. The van der Waals surface area contributed by atoms with Crippen molar-refractivity contribution in [2.45, 2.75) is 38.1 Å². The molecule has 2 fully saturated rings. The van der Waals surface area contributed by atoms with Crippen LogP contribution in [0.1, 0.15) is 32.1 Å². The van der Waals surface area contributed by atoms with Gasteiger partial charge in [0.15, 0.2) is 0 Å². The van der Waals surface area contributed by atoms with E-state index < -0.39 is 5.82 Å². The predicted octanol–water partition coefficient (Wildman–Crippen LogP) is 3.21. The van der Waals surface area contributed by atoms with Gasteiger partial charge in [-0.2, -0.15) is 0 Å². The van der Waals surface area contributed by atoms with Crippen LogP contribution in [0.2, 0.25) is 5.02 Å². The summed E-state index contributed by atoms with van der Waals surface area (Å²) in [6.45, 7) is 1.18. The molecule has 8 heteroatoms. The molecule has 1 saturated carbocycles. The fourth-order valence-corrected chi connectivity index (χ4v) is 3.86. The molecule has 144 valence electrons. The number of piperidine rings is 1. The third-order valence-corrected chi connectivity index (χ3v) is 5.48. The van der Waals surface area contributed by atoms with Gasteiger partial charge < -0.3 is 16.0 Å². The Balaban J connectivity index is 0.00000243. The summed E-state index contributed by atoms with van der Waals surface area (Å²) in [5.74, 6) is -0.562. The van der Waals surface area contributed by atoms with Crippen molar-refractivity contribution < 1.29 is 14.0 Å². The zero-order chi connectivity index (χ0) is 18.0. The Bertz CT molecular complexity index is 666. The molecule has 0 spiro atoms. The standard InChI is InChI=1S/C18H23ClFN3O2.ClH/c19-15-10-14(3-4-16(15)20)22-17(24)11-5-7-23(8-6-11)18(25)12-1-2-13(21)9-12;/h3-4,10-13H,1-2,5-9,21H2,(H,22,24);1H. The fourth-order valence-electron chi connectivity index (χ4n) is 3.68. The van der Waals surface area contributed by atoms with Crippen LogP contribution in [0.15, 0.2) is 18.2 Å². The highest BCUT2D eigenvalue weighted by Crippen LogP contribution is 2.28. The Morgan fingerprint density at radius 3 is 2.42 bits per heavy atom. The number of nitrogens with one attached hydrogen (secondary N) is 1. The lowest BCUT2D eigenvalue weighted by molar-refractivity contribution is -0.138. The third kappa shape index (κ3) is 4.87. The number of anilines is 1. The van der Waals surface area contributed by atoms with Gasteiger partial charge in [0.2, 0.25) is 11.8 Å². The molecule has 2 unspecified atom stereocenters. The van der Waals surface area contributed by atoms with Crippen LogP contribution in [-0.4, -0.2) is 35.8 Å². The van der Waals surface area contributed by atoms with Gasteiger partial charge in [0.25, 0.3) is 0 Å². The molecule has 26 heavy (non-hydrogen) atoms. The van der Waals surface area contributed by atoms with Gasteiger partial charge in [-0.1, -0.05) is 11.6 Å². The van der Waals surface area contributed by atoms with Crippen LogP contribution < -0.4 is 11.1 Å². The Morgan fingerprint density at radius 1 is 1.15 bits per heavy atom. The first kappa shape index (κ1) is 20.9. The van der Waals surface area contributed by atoms with E-state index in [1.54, 1.807) is 0 Å². The summed E-state index contributed by atoms with van der Waals surface area (Å²) in [5, 5.41) is 2.75. The van der Waals surface area contributed by atoms with E-state index in [4.69, 9.17) is 17.3 Å². The number of carbonyl (C=O) groups is 2. The van der Waals surface area contributed by atoms with Crippen LogP contribution in [-0.2, 0) is 9.59 Å². The van der Waals surface area contributed by atoms with Crippen LogP contribution in [0.25, 0.3) is 0 Å². The minimum absolute atomic E-state index is 0. The highest BCUT2D eigenvalue weighted by atomic mass is 35.5. The zero-order valence-corrected chi connectivity index (χ0v) is 16.0. The lowest BCUT2D eigenvalue weighted by Crippen LogP contribution is -2.43. The highest BCUT2D eigenvalue weighted by Gasteiger charge is 2.34. The van der Waals surface area contributed by atoms with Crippen LogP contribution >= 0.6 is 24.0 Å². The van der Waals surface area contributed by atoms with Crippen molar-refractivity contribution in [2.75, 3.05) is 18.4 Å². The summed E-state index contributed by atoms with van der Waals surface area (Å²) in [4.78, 5) is 26.7. The smallest absolute Gasteiger partial charge is 0.227 e. The number of likely N-dealkylation sites (tertiary alicyclic amines) is 1. The molecule has 3 N–H and O–H groups in total. The molecule has 1 aliphatic carbocycles. The Morgan fingerprint density at radius 2 is 1.85 bits per heavy atom. The summed E-state index contributed by atoms with van der Waals surface area (Å²) in [7, 11) is 0. The third-order valence-electron chi connectivity index (χ3n) is 5.19. The maximum absolute atomic E-state index is 13.2. The zero-order valence-electron chi connectivity index (χ0n) is 14.4. The summed E-state index contributed by atoms with van der Waals surface area (Å²) >= 11 is 5.73. The molecule has 0 aromatic heterocycles. The second-order valence-corrected chi connectivity index (χ2v) is 7.39. The molecule has 1 aliphatic heterocycles. The SMILES string of the molecule is Cl.NC1CCC(C(=O)N2CCC(C(=O)Nc3ccc(F)c(Cl)c3)CC2)C1. The molecule has 1 heterocycles. The number of hydrogen-bond acceptors (Lipinski definition) is 3. The maximum atomic E-state index is 13.2. The Labute approximate surface area is 163 Å². The lowest BCUT2D eigenvalue weighted by Gasteiger charge is -2.33. The predicted molar refractivity (Wildman–Crippen MR) is 102 cm³/mol. The van der Waals surface area contributed by atoms with Crippen molar-refractivity contribution >= 4 is 41.5 Å². The molecule has 2 amide bonds. The number of amides is 2. The molecule has 2 atom stereocenters. The molecule has 5 nitrogen and oxygen atoms in total. The van der Waals surface area contributed by atoms with Crippen molar-refractivity contribution in [3.05, 3.63) is 29.0 Å². The first-order chi connectivity index (χ1) is 11.9. The molecule has 0 radical (unpaired) electrons. The second-order valence-electron chi connectivity index (χ2n) is 6.99. The number of hydrogen-bond donors (Lipinski definition) is 2. The van der Waals surface area contributed by atoms with E-state index in [0.717, 1.165) is 19.3 Å². The van der Waals surface area contributed by atoms with Gasteiger partial charge in [0.1, 0.15) is 5.82 Å². The van der Waals surface area contributed by atoms with Gasteiger partial charge in [-0.3, -0.25) is 9.59 Å². The minimum atomic E-state index is -0.516. The van der Waals surface area contributed by atoms with Crippen molar-refractivity contribution in [3.8, 4) is 0 Å². The number of nitrogens with two attached hydrogens (primary N) is 1. The van der Waals surface area contributed by atoms with E-state index in [1.807, 2.05) is 4.90 Å². The van der Waals surface area contributed by atoms with Crippen molar-refractivity contribution in [1.29, 1.82) is 0 Å². The average Bonchev–Trinajstić information content (AvgIpc) is 3.04. The molecule has 1 aromatic rings. The molecular weight excluding hydrogens is 380 g/mol. The lowest BCUT2D eigenvalue weighted by atomic mass is 9.94. The van der Waals surface area contributed by atoms with E-state index in [-0.39, 0.29) is 47.1 Å². The highest BCUT2D eigenvalue weighted by molar-refractivity contribution is 6.31. The Kier molecular flexibility index (Phi) is 7.26. The van der Waals surface area contributed by atoms with Gasteiger partial charge in [-0.15, -0.1) is 12.4 Å². The molecular formula is C18H24Cl2FN3O2. The van der Waals surface area contributed by atoms with E-state index in [1.165, 1.54) is 18.2 Å². The summed E-state index contributed by atoms with van der Waals surface area (Å²) in [6, 6.07) is 4.25. The van der Waals surface area contributed by atoms with Crippen LogP contribution in [0.5, 0.6) is 0 Å². The summed E-state index contributed by atoms with van der Waals surface area (Å²) < 4.78 is 13.2. The summed E-state index contributed by atoms with van der Waals surface area (Å²) in [6.07, 6.45) is 3.81. The topological polar surface area (TPSA) is 75.4 Å². The quantitative estimate of drug-likeness (QED) is 0.813. The maximum Gasteiger partial charge on any atom is 0.227 e. The number of carbonyl (C=O) groups excluding carboxylic acids is 2. The average molecular weight is 404 g/mol. The number of nitrogens with zero attached hydrogens (tertiary/aromatic N) is 1. The van der Waals surface area contributed by atoms with E-state index in [2.05, 4.69) is 5.32 Å². The van der Waals surface area contributed by atoms with Gasteiger partial charge in [0, 0.05) is 36.7 Å². The normalized spacial score (nSPS) is 23.4. The van der Waals surface area contributed by atoms with E-state index in [0.29, 0.717) is 31.6 Å². The molecule has 3 rings (SSSR count). The van der Waals surface area contributed by atoms with Gasteiger partial charge >= 0.3 is 0 Å². The fraction of sp³-hybridized carbons (Fsp3) is 0.556. The first-order valence-electron chi connectivity index (χ1n) is 8.74. The molecule has 0 bridgehead atoms. The van der Waals surface area contributed by atoms with E-state index >= 15 is 0 Å². The van der Waals surface area contributed by atoms with Crippen LogP contribution in [0, 0.1) is 17.7 Å². The number of halogens is 3. The number of rotatable bonds is 3. The molecule has 1 saturated heterocycles. The van der Waals surface area contributed by atoms with Crippen molar-refractivity contribution in [2.24, 2.45) is 17.6 Å². The van der Waals surface area contributed by atoms with Gasteiger partial charge in [-0.05, 0) is 50.3 Å². The van der Waals surface area contributed by atoms with Gasteiger partial charge in [0.05, 0.1) is 5.02 Å². The monoisotopic (exact) mass is 403 g/mol. The minimum Gasteiger partial charge on any atom is -0.342 e. The molecule has 1 aromatic carbocycles. The first-order valence-corrected chi connectivity index (χ1v) is 9.12. The van der Waals surface area contributed by atoms with Crippen LogP contribution in [0.3, 0.4) is 0 Å². The van der Waals surface area contributed by atoms with Gasteiger partial charge in [-0.25, -0.2) is 4.39 Å². The van der Waals surface area contributed by atoms with E-state index in [9.17, 15) is 14.0 Å².